The van der Waals surface area contributed by atoms with Gasteiger partial charge in [0.2, 0.25) is 0 Å². The van der Waals surface area contributed by atoms with Crippen LogP contribution >= 0.6 is 23.8 Å². The predicted octanol–water partition coefficient (Wildman–Crippen LogP) is 4.41. The van der Waals surface area contributed by atoms with E-state index in [1.165, 1.54) is 0 Å². The third-order valence-corrected chi connectivity index (χ3v) is 4.28. The zero-order valence-corrected chi connectivity index (χ0v) is 17.6. The van der Waals surface area contributed by atoms with Crippen LogP contribution in [0.3, 0.4) is 0 Å². The molecule has 2 aromatic carbocycles. The predicted molar refractivity (Wildman–Crippen MR) is 115 cm³/mol. The number of rotatable bonds is 8. The van der Waals surface area contributed by atoms with Crippen molar-refractivity contribution < 1.29 is 19.0 Å². The Labute approximate surface area is 175 Å². The first-order valence-corrected chi connectivity index (χ1v) is 9.58. The number of ether oxygens (including phenoxy) is 3. The van der Waals surface area contributed by atoms with Gasteiger partial charge < -0.3 is 24.8 Å². The maximum atomic E-state index is 11.9. The summed E-state index contributed by atoms with van der Waals surface area (Å²) >= 11 is 11.4. The van der Waals surface area contributed by atoms with Gasteiger partial charge >= 0.3 is 5.97 Å². The second kappa shape index (κ2) is 10.7. The number of nitrogens with one attached hydrogen (secondary N) is 2. The highest BCUT2D eigenvalue weighted by molar-refractivity contribution is 7.80. The lowest BCUT2D eigenvalue weighted by Crippen LogP contribution is -2.28. The van der Waals surface area contributed by atoms with E-state index >= 15 is 0 Å². The molecular formula is C20H23ClN2O4S. The van der Waals surface area contributed by atoms with E-state index in [4.69, 9.17) is 38.0 Å². The molecule has 8 heteroatoms. The summed E-state index contributed by atoms with van der Waals surface area (Å²) in [5.41, 5.74) is 1.90. The highest BCUT2D eigenvalue weighted by Gasteiger charge is 2.13. The van der Waals surface area contributed by atoms with Crippen LogP contribution < -0.4 is 20.1 Å². The fourth-order valence-electron chi connectivity index (χ4n) is 2.43. The lowest BCUT2D eigenvalue weighted by molar-refractivity contribution is 0.0526. The molecular weight excluding hydrogens is 400 g/mol. The zero-order chi connectivity index (χ0) is 20.5. The van der Waals surface area contributed by atoms with E-state index in [0.717, 1.165) is 5.56 Å². The van der Waals surface area contributed by atoms with Crippen LogP contribution in [0.2, 0.25) is 5.02 Å². The van der Waals surface area contributed by atoms with Gasteiger partial charge in [-0.25, -0.2) is 4.79 Å². The molecule has 2 rings (SSSR count). The number of thiocarbonyl (C=S) groups is 1. The molecule has 0 radical (unpaired) electrons. The summed E-state index contributed by atoms with van der Waals surface area (Å²) in [5.74, 6) is 0.885. The van der Waals surface area contributed by atoms with Crippen LogP contribution in [0.25, 0.3) is 0 Å². The molecule has 0 heterocycles. The Kier molecular flexibility index (Phi) is 8.35. The SMILES string of the molecule is CCOC(=O)c1cc(NC(=S)NCc2ccc(OC)c(OCC)c2)ccc1Cl. The van der Waals surface area contributed by atoms with Crippen molar-refractivity contribution in [1.82, 2.24) is 5.32 Å². The number of halogens is 1. The standard InChI is InChI=1S/C20H23ClN2O4S/c1-4-26-18-10-13(6-9-17(18)25-3)12-22-20(28)23-14-7-8-16(21)15(11-14)19(24)27-5-2/h6-11H,4-5,12H2,1-3H3,(H2,22,23,28). The van der Waals surface area contributed by atoms with E-state index in [0.29, 0.717) is 40.5 Å². The molecule has 0 amide bonds. The van der Waals surface area contributed by atoms with E-state index in [1.54, 1.807) is 32.2 Å². The van der Waals surface area contributed by atoms with Gasteiger partial charge in [-0.05, 0) is 62.0 Å². The summed E-state index contributed by atoms with van der Waals surface area (Å²) in [6.45, 7) is 4.97. The normalized spacial score (nSPS) is 10.1. The Morgan fingerprint density at radius 2 is 1.89 bits per heavy atom. The molecule has 0 saturated heterocycles. The minimum absolute atomic E-state index is 0.276. The van der Waals surface area contributed by atoms with Crippen LogP contribution in [0.5, 0.6) is 11.5 Å². The van der Waals surface area contributed by atoms with Crippen molar-refractivity contribution in [2.24, 2.45) is 0 Å². The van der Waals surface area contributed by atoms with Gasteiger partial charge in [-0.2, -0.15) is 0 Å². The molecule has 0 atom stereocenters. The van der Waals surface area contributed by atoms with Gasteiger partial charge in [0, 0.05) is 12.2 Å². The van der Waals surface area contributed by atoms with Gasteiger partial charge in [-0.3, -0.25) is 0 Å². The van der Waals surface area contributed by atoms with Crippen LogP contribution in [-0.2, 0) is 11.3 Å². The van der Waals surface area contributed by atoms with Crippen LogP contribution in [0.1, 0.15) is 29.8 Å². The van der Waals surface area contributed by atoms with E-state index in [2.05, 4.69) is 10.6 Å². The highest BCUT2D eigenvalue weighted by atomic mass is 35.5. The average molecular weight is 423 g/mol. The molecule has 0 fully saturated rings. The first kappa shape index (κ1) is 21.8. The van der Waals surface area contributed by atoms with E-state index in [9.17, 15) is 4.79 Å². The number of anilines is 1. The van der Waals surface area contributed by atoms with Gasteiger partial charge in [-0.15, -0.1) is 0 Å². The number of carbonyl (C=O) groups is 1. The summed E-state index contributed by atoms with van der Waals surface area (Å²) in [4.78, 5) is 11.9. The van der Waals surface area contributed by atoms with Crippen molar-refractivity contribution in [2.75, 3.05) is 25.6 Å². The van der Waals surface area contributed by atoms with Gasteiger partial charge in [0.15, 0.2) is 16.6 Å². The molecule has 0 aliphatic carbocycles. The smallest absolute Gasteiger partial charge is 0.339 e. The largest absolute Gasteiger partial charge is 0.493 e. The molecule has 0 unspecified atom stereocenters. The third-order valence-electron chi connectivity index (χ3n) is 3.70. The van der Waals surface area contributed by atoms with Crippen LogP contribution in [0, 0.1) is 0 Å². The quantitative estimate of drug-likeness (QED) is 0.482. The molecule has 2 N–H and O–H groups in total. The number of methoxy groups -OCH3 is 1. The number of benzene rings is 2. The van der Waals surface area contributed by atoms with Gasteiger partial charge in [-0.1, -0.05) is 17.7 Å². The fraction of sp³-hybridized carbons (Fsp3) is 0.300. The molecule has 28 heavy (non-hydrogen) atoms. The number of esters is 1. The summed E-state index contributed by atoms with van der Waals surface area (Å²) in [6.07, 6.45) is 0. The second-order valence-corrected chi connectivity index (χ2v) is 6.46. The number of hydrogen-bond donors (Lipinski definition) is 2. The lowest BCUT2D eigenvalue weighted by Gasteiger charge is -2.14. The van der Waals surface area contributed by atoms with Crippen molar-refractivity contribution in [3.05, 3.63) is 52.5 Å². The van der Waals surface area contributed by atoms with Crippen molar-refractivity contribution in [3.8, 4) is 11.5 Å². The molecule has 150 valence electrons. The Balaban J connectivity index is 2.00. The minimum atomic E-state index is -0.475. The number of carbonyl (C=O) groups excluding carboxylic acids is 1. The van der Waals surface area contributed by atoms with E-state index < -0.39 is 5.97 Å². The van der Waals surface area contributed by atoms with E-state index in [1.807, 2.05) is 25.1 Å². The van der Waals surface area contributed by atoms with Gasteiger partial charge in [0.1, 0.15) is 0 Å². The molecule has 0 aromatic heterocycles. The molecule has 0 bridgehead atoms. The molecule has 0 spiro atoms. The molecule has 0 aliphatic heterocycles. The minimum Gasteiger partial charge on any atom is -0.493 e. The zero-order valence-electron chi connectivity index (χ0n) is 16.0. The summed E-state index contributed by atoms with van der Waals surface area (Å²) in [5, 5.41) is 6.89. The third kappa shape index (κ3) is 6.00. The molecule has 2 aromatic rings. The molecule has 0 aliphatic rings. The van der Waals surface area contributed by atoms with Crippen molar-refractivity contribution >= 4 is 40.6 Å². The first-order chi connectivity index (χ1) is 13.5. The number of hydrogen-bond acceptors (Lipinski definition) is 5. The Morgan fingerprint density at radius 1 is 1.11 bits per heavy atom. The summed E-state index contributed by atoms with van der Waals surface area (Å²) in [6, 6.07) is 10.6. The van der Waals surface area contributed by atoms with E-state index in [-0.39, 0.29) is 12.2 Å². The lowest BCUT2D eigenvalue weighted by atomic mass is 10.2. The van der Waals surface area contributed by atoms with Crippen LogP contribution in [0.15, 0.2) is 36.4 Å². The second-order valence-electron chi connectivity index (χ2n) is 5.64. The Hall–Kier alpha value is -2.51. The van der Waals surface area contributed by atoms with Gasteiger partial charge in [0.05, 0.1) is 30.9 Å². The molecule has 6 nitrogen and oxygen atoms in total. The first-order valence-electron chi connectivity index (χ1n) is 8.79. The highest BCUT2D eigenvalue weighted by Crippen LogP contribution is 2.28. The van der Waals surface area contributed by atoms with Crippen molar-refractivity contribution in [1.29, 1.82) is 0 Å². The average Bonchev–Trinajstić information content (AvgIpc) is 2.68. The summed E-state index contributed by atoms with van der Waals surface area (Å²) < 4.78 is 15.9. The Bertz CT molecular complexity index is 845. The molecule has 0 saturated carbocycles. The van der Waals surface area contributed by atoms with Crippen molar-refractivity contribution in [2.45, 2.75) is 20.4 Å². The topological polar surface area (TPSA) is 68.8 Å². The van der Waals surface area contributed by atoms with Crippen LogP contribution in [-0.4, -0.2) is 31.4 Å². The van der Waals surface area contributed by atoms with Crippen LogP contribution in [0.4, 0.5) is 5.69 Å². The monoisotopic (exact) mass is 422 g/mol. The van der Waals surface area contributed by atoms with Gasteiger partial charge in [0.25, 0.3) is 0 Å². The Morgan fingerprint density at radius 3 is 2.57 bits per heavy atom. The van der Waals surface area contributed by atoms with Crippen molar-refractivity contribution in [3.63, 3.8) is 0 Å². The maximum Gasteiger partial charge on any atom is 0.339 e. The summed E-state index contributed by atoms with van der Waals surface area (Å²) in [7, 11) is 1.60. The fourth-order valence-corrected chi connectivity index (χ4v) is 2.81. The maximum absolute atomic E-state index is 11.9.